The van der Waals surface area contributed by atoms with Gasteiger partial charge in [0.2, 0.25) is 0 Å². The Labute approximate surface area is 122 Å². The van der Waals surface area contributed by atoms with E-state index in [1.807, 2.05) is 0 Å². The molecule has 0 aliphatic heterocycles. The molecule has 4 nitrogen and oxygen atoms in total. The van der Waals surface area contributed by atoms with Crippen LogP contribution in [0.2, 0.25) is 0 Å². The average molecular weight is 382 g/mol. The van der Waals surface area contributed by atoms with Gasteiger partial charge in [0.1, 0.15) is 5.56 Å². The lowest BCUT2D eigenvalue weighted by atomic mass is 10.1. The predicted octanol–water partition coefficient (Wildman–Crippen LogP) is 3.68. The molecule has 1 heterocycles. The Hall–Kier alpha value is -1.52. The first-order chi connectivity index (χ1) is 9.51. The maximum atomic E-state index is 13.0. The summed E-state index contributed by atoms with van der Waals surface area (Å²) < 4.78 is 83.1. The number of esters is 1. The van der Waals surface area contributed by atoms with Gasteiger partial charge in [-0.1, -0.05) is 15.9 Å². The summed E-state index contributed by atoms with van der Waals surface area (Å²) in [6.07, 6.45) is -10.0. The molecule has 0 bridgehead atoms. The molecule has 0 N–H and O–H groups in total. The van der Waals surface area contributed by atoms with E-state index in [1.165, 1.54) is 0 Å². The summed E-state index contributed by atoms with van der Waals surface area (Å²) in [6.45, 7) is 0. The Balaban J connectivity index is 3.64. The molecule has 0 fully saturated rings. The number of hydrogen-bond donors (Lipinski definition) is 0. The number of halogens is 7. The first kappa shape index (κ1) is 17.5. The van der Waals surface area contributed by atoms with Crippen molar-refractivity contribution >= 4 is 21.9 Å². The van der Waals surface area contributed by atoms with Crippen LogP contribution in [0, 0.1) is 0 Å². The van der Waals surface area contributed by atoms with Crippen molar-refractivity contribution in [3.8, 4) is 5.75 Å². The van der Waals surface area contributed by atoms with Crippen LogP contribution in [0.5, 0.6) is 5.75 Å². The molecule has 118 valence electrons. The van der Waals surface area contributed by atoms with E-state index in [0.717, 1.165) is 7.11 Å². The first-order valence-electron chi connectivity index (χ1n) is 5.00. The first-order valence-corrected chi connectivity index (χ1v) is 6.12. The molecule has 1 aromatic heterocycles. The predicted molar refractivity (Wildman–Crippen MR) is 59.9 cm³/mol. The van der Waals surface area contributed by atoms with Crippen LogP contribution in [-0.2, 0) is 16.2 Å². The quantitative estimate of drug-likeness (QED) is 0.455. The topological polar surface area (TPSA) is 48.4 Å². The number of alkyl halides is 7. The third-order valence-electron chi connectivity index (χ3n) is 2.15. The van der Waals surface area contributed by atoms with E-state index < -0.39 is 46.4 Å². The summed E-state index contributed by atoms with van der Waals surface area (Å²) in [5.74, 6) is -3.00. The number of methoxy groups -OCH3 is 1. The van der Waals surface area contributed by atoms with Crippen LogP contribution in [0.3, 0.4) is 0 Å². The van der Waals surface area contributed by atoms with Gasteiger partial charge in [-0.2, -0.15) is 13.2 Å². The number of carbonyl (C=O) groups excluding carboxylic acids is 1. The number of pyridine rings is 1. The zero-order chi connectivity index (χ0) is 16.4. The minimum Gasteiger partial charge on any atom is -0.465 e. The highest BCUT2D eigenvalue weighted by atomic mass is 79.9. The molecule has 0 unspecified atom stereocenters. The van der Waals surface area contributed by atoms with Crippen LogP contribution in [-0.4, -0.2) is 24.4 Å². The molecule has 0 radical (unpaired) electrons. The van der Waals surface area contributed by atoms with Gasteiger partial charge in [-0.15, -0.1) is 13.2 Å². The van der Waals surface area contributed by atoms with E-state index in [2.05, 4.69) is 30.4 Å². The van der Waals surface area contributed by atoms with Gasteiger partial charge in [0, 0.05) is 5.33 Å². The Morgan fingerprint density at radius 1 is 1.29 bits per heavy atom. The fourth-order valence-electron chi connectivity index (χ4n) is 1.45. The Kier molecular flexibility index (Phi) is 5.07. The van der Waals surface area contributed by atoms with E-state index in [4.69, 9.17) is 0 Å². The second-order valence-electron chi connectivity index (χ2n) is 3.49. The van der Waals surface area contributed by atoms with E-state index in [9.17, 15) is 31.1 Å². The fraction of sp³-hybridized carbons (Fsp3) is 0.400. The Morgan fingerprint density at radius 2 is 1.86 bits per heavy atom. The monoisotopic (exact) mass is 381 g/mol. The number of nitrogens with zero attached hydrogens (tertiary/aromatic N) is 1. The minimum atomic E-state index is -5.29. The second-order valence-corrected chi connectivity index (χ2v) is 4.05. The van der Waals surface area contributed by atoms with Gasteiger partial charge in [-0.05, 0) is 0 Å². The third-order valence-corrected chi connectivity index (χ3v) is 2.68. The fourth-order valence-corrected chi connectivity index (χ4v) is 1.87. The zero-order valence-electron chi connectivity index (χ0n) is 10.1. The summed E-state index contributed by atoms with van der Waals surface area (Å²) in [4.78, 5) is 14.7. The highest BCUT2D eigenvalue weighted by Gasteiger charge is 2.43. The molecule has 0 aliphatic rings. The van der Waals surface area contributed by atoms with Crippen molar-refractivity contribution in [2.24, 2.45) is 0 Å². The molecule has 0 saturated carbocycles. The normalized spacial score (nSPS) is 12.2. The van der Waals surface area contributed by atoms with Crippen LogP contribution < -0.4 is 4.74 Å². The van der Waals surface area contributed by atoms with E-state index >= 15 is 0 Å². The number of ether oxygens (including phenoxy) is 2. The maximum Gasteiger partial charge on any atom is 0.573 e. The summed E-state index contributed by atoms with van der Waals surface area (Å²) in [5.41, 5.74) is -3.70. The summed E-state index contributed by atoms with van der Waals surface area (Å²) >= 11 is 2.71. The molecule has 21 heavy (non-hydrogen) atoms. The van der Waals surface area contributed by atoms with Gasteiger partial charge < -0.3 is 9.47 Å². The van der Waals surface area contributed by atoms with Crippen molar-refractivity contribution in [1.29, 1.82) is 0 Å². The van der Waals surface area contributed by atoms with E-state index in [0.29, 0.717) is 6.20 Å². The second kappa shape index (κ2) is 6.08. The average Bonchev–Trinajstić information content (AvgIpc) is 2.34. The van der Waals surface area contributed by atoms with E-state index in [-0.39, 0.29) is 0 Å². The third kappa shape index (κ3) is 4.22. The van der Waals surface area contributed by atoms with Crippen LogP contribution in [0.4, 0.5) is 26.3 Å². The zero-order valence-corrected chi connectivity index (χ0v) is 11.7. The number of carbonyl (C=O) groups is 1. The Morgan fingerprint density at radius 3 is 2.24 bits per heavy atom. The van der Waals surface area contributed by atoms with Crippen molar-refractivity contribution < 1.29 is 40.6 Å². The summed E-state index contributed by atoms with van der Waals surface area (Å²) in [6, 6.07) is 0. The van der Waals surface area contributed by atoms with Crippen LogP contribution >= 0.6 is 15.9 Å². The largest absolute Gasteiger partial charge is 0.573 e. The van der Waals surface area contributed by atoms with Crippen molar-refractivity contribution in [2.75, 3.05) is 7.11 Å². The summed E-state index contributed by atoms with van der Waals surface area (Å²) in [7, 11) is 0.730. The number of hydrogen-bond acceptors (Lipinski definition) is 4. The molecule has 1 aromatic rings. The SMILES string of the molecule is COC(=O)c1c(OC(F)(F)F)cnc(CBr)c1C(F)(F)F. The Bertz CT molecular complexity index is 543. The molecular formula is C10H6BrF6NO3. The highest BCUT2D eigenvalue weighted by Crippen LogP contribution is 2.40. The molecule has 0 spiro atoms. The molecule has 0 saturated heterocycles. The standard InChI is InChI=1S/C10H6BrF6NO3/c1-20-8(19)6-5(21-10(15,16)17)3-18-4(2-11)7(6)9(12,13)14/h3H,2H2,1H3. The molecule has 0 atom stereocenters. The molecule has 0 amide bonds. The number of aromatic nitrogens is 1. The van der Waals surface area contributed by atoms with Gasteiger partial charge in [0.25, 0.3) is 0 Å². The lowest BCUT2D eigenvalue weighted by Gasteiger charge is -2.18. The molecule has 11 heteroatoms. The molecule has 0 aliphatic carbocycles. The van der Waals surface area contributed by atoms with Crippen molar-refractivity contribution in [1.82, 2.24) is 4.98 Å². The minimum absolute atomic E-state index is 0.381. The van der Waals surface area contributed by atoms with Gasteiger partial charge in [-0.3, -0.25) is 4.98 Å². The van der Waals surface area contributed by atoms with Crippen molar-refractivity contribution in [3.05, 3.63) is 23.0 Å². The van der Waals surface area contributed by atoms with Crippen molar-refractivity contribution in [2.45, 2.75) is 17.9 Å². The summed E-state index contributed by atoms with van der Waals surface area (Å²) in [5, 5.41) is -0.432. The van der Waals surface area contributed by atoms with Gasteiger partial charge in [0.05, 0.1) is 24.6 Å². The van der Waals surface area contributed by atoms with Crippen molar-refractivity contribution in [3.63, 3.8) is 0 Å². The number of rotatable bonds is 3. The lowest BCUT2D eigenvalue weighted by molar-refractivity contribution is -0.275. The maximum absolute atomic E-state index is 13.0. The molecule has 0 aromatic carbocycles. The molecular weight excluding hydrogens is 376 g/mol. The molecule has 1 rings (SSSR count). The lowest BCUT2D eigenvalue weighted by Crippen LogP contribution is -2.23. The highest BCUT2D eigenvalue weighted by molar-refractivity contribution is 9.08. The van der Waals surface area contributed by atoms with Crippen LogP contribution in [0.15, 0.2) is 6.20 Å². The smallest absolute Gasteiger partial charge is 0.465 e. The van der Waals surface area contributed by atoms with Gasteiger partial charge >= 0.3 is 18.5 Å². The van der Waals surface area contributed by atoms with Crippen LogP contribution in [0.1, 0.15) is 21.6 Å². The van der Waals surface area contributed by atoms with E-state index in [1.54, 1.807) is 0 Å². The van der Waals surface area contributed by atoms with Crippen LogP contribution in [0.25, 0.3) is 0 Å². The van der Waals surface area contributed by atoms with Gasteiger partial charge in [0.15, 0.2) is 5.75 Å². The van der Waals surface area contributed by atoms with Gasteiger partial charge in [-0.25, -0.2) is 4.79 Å².